The van der Waals surface area contributed by atoms with Crippen LogP contribution in [0.1, 0.15) is 23.9 Å². The lowest BCUT2D eigenvalue weighted by atomic mass is 10.2. The van der Waals surface area contributed by atoms with Gasteiger partial charge in [0.2, 0.25) is 11.8 Å². The van der Waals surface area contributed by atoms with Gasteiger partial charge in [-0.3, -0.25) is 4.79 Å². The molecule has 10 heteroatoms. The summed E-state index contributed by atoms with van der Waals surface area (Å²) >= 11 is 0. The standard InChI is InChI=1S/C16H14F3N5O2/c1-8-9(2)14(23-24-13(8)21-22-15(24)16(17,18)19)26-12-6-4-11(5-7-12)20-10(3)25/h4-7H,1-3H3,(H,20,25). The highest BCUT2D eigenvalue weighted by Gasteiger charge is 2.38. The van der Waals surface area contributed by atoms with Crippen LogP contribution in [0.5, 0.6) is 11.6 Å². The summed E-state index contributed by atoms with van der Waals surface area (Å²) in [7, 11) is 0. The lowest BCUT2D eigenvalue weighted by Crippen LogP contribution is -2.13. The molecule has 0 aliphatic carbocycles. The average molecular weight is 365 g/mol. The normalized spacial score (nSPS) is 11.6. The molecule has 3 aromatic rings. The Morgan fingerprint density at radius 1 is 1.12 bits per heavy atom. The molecule has 0 bridgehead atoms. The molecular weight excluding hydrogens is 351 g/mol. The smallest absolute Gasteiger partial charge is 0.437 e. The van der Waals surface area contributed by atoms with E-state index in [9.17, 15) is 18.0 Å². The SMILES string of the molecule is CC(=O)Nc1ccc(Oc2nn3c(C(F)(F)F)nnc3c(C)c2C)cc1. The summed E-state index contributed by atoms with van der Waals surface area (Å²) in [4.78, 5) is 11.0. The van der Waals surface area contributed by atoms with Gasteiger partial charge in [-0.2, -0.15) is 17.7 Å². The van der Waals surface area contributed by atoms with E-state index in [1.165, 1.54) is 6.92 Å². The van der Waals surface area contributed by atoms with Crippen LogP contribution in [0.25, 0.3) is 5.65 Å². The number of hydrogen-bond donors (Lipinski definition) is 1. The van der Waals surface area contributed by atoms with E-state index < -0.39 is 12.0 Å². The number of hydrogen-bond acceptors (Lipinski definition) is 5. The topological polar surface area (TPSA) is 81.4 Å². The number of ether oxygens (including phenoxy) is 1. The van der Waals surface area contributed by atoms with Crippen molar-refractivity contribution in [1.82, 2.24) is 19.8 Å². The molecule has 1 aromatic carbocycles. The summed E-state index contributed by atoms with van der Waals surface area (Å²) in [6.45, 7) is 4.67. The summed E-state index contributed by atoms with van der Waals surface area (Å²) in [5, 5.41) is 13.3. The van der Waals surface area contributed by atoms with Crippen LogP contribution in [0.3, 0.4) is 0 Å². The maximum Gasteiger partial charge on any atom is 0.453 e. The minimum Gasteiger partial charge on any atom is -0.437 e. The minimum absolute atomic E-state index is 0.00702. The third-order valence-electron chi connectivity index (χ3n) is 3.69. The van der Waals surface area contributed by atoms with Gasteiger partial charge < -0.3 is 10.1 Å². The molecule has 0 aliphatic rings. The van der Waals surface area contributed by atoms with Crippen molar-refractivity contribution in [2.45, 2.75) is 26.9 Å². The molecule has 1 N–H and O–H groups in total. The minimum atomic E-state index is -4.69. The Labute approximate surface area is 145 Å². The summed E-state index contributed by atoms with van der Waals surface area (Å²) in [6, 6.07) is 6.36. The molecule has 0 saturated carbocycles. The van der Waals surface area contributed by atoms with Gasteiger partial charge in [0.25, 0.3) is 5.82 Å². The molecule has 0 unspecified atom stereocenters. The van der Waals surface area contributed by atoms with Crippen molar-refractivity contribution >= 4 is 17.2 Å². The summed E-state index contributed by atoms with van der Waals surface area (Å²) in [6.07, 6.45) is -4.69. The predicted octanol–water partition coefficient (Wildman–Crippen LogP) is 3.51. The highest BCUT2D eigenvalue weighted by atomic mass is 19.4. The second-order valence-corrected chi connectivity index (χ2v) is 5.62. The maximum absolute atomic E-state index is 13.1. The fourth-order valence-electron chi connectivity index (χ4n) is 2.30. The van der Waals surface area contributed by atoms with Gasteiger partial charge in [-0.25, -0.2) is 0 Å². The molecule has 0 saturated heterocycles. The third-order valence-corrected chi connectivity index (χ3v) is 3.69. The van der Waals surface area contributed by atoms with Gasteiger partial charge in [0, 0.05) is 23.7 Å². The predicted molar refractivity (Wildman–Crippen MR) is 86.1 cm³/mol. The fraction of sp³-hybridized carbons (Fsp3) is 0.250. The molecule has 0 aliphatic heterocycles. The quantitative estimate of drug-likeness (QED) is 0.768. The van der Waals surface area contributed by atoms with Crippen molar-refractivity contribution in [2.24, 2.45) is 0 Å². The van der Waals surface area contributed by atoms with Crippen LogP contribution in [0, 0.1) is 13.8 Å². The number of carbonyl (C=O) groups is 1. The largest absolute Gasteiger partial charge is 0.453 e. The number of amides is 1. The summed E-state index contributed by atoms with van der Waals surface area (Å²) < 4.78 is 45.4. The number of anilines is 1. The molecule has 0 atom stereocenters. The maximum atomic E-state index is 13.1. The van der Waals surface area contributed by atoms with Crippen molar-refractivity contribution in [3.05, 3.63) is 41.2 Å². The van der Waals surface area contributed by atoms with Crippen LogP contribution in [-0.4, -0.2) is 25.7 Å². The van der Waals surface area contributed by atoms with Crippen LogP contribution in [0.15, 0.2) is 24.3 Å². The van der Waals surface area contributed by atoms with Gasteiger partial charge >= 0.3 is 6.18 Å². The number of halogens is 3. The molecule has 0 fully saturated rings. The summed E-state index contributed by atoms with van der Waals surface area (Å²) in [5.41, 5.74) is 1.61. The van der Waals surface area contributed by atoms with Gasteiger partial charge in [-0.05, 0) is 38.1 Å². The first-order valence-electron chi connectivity index (χ1n) is 7.52. The Balaban J connectivity index is 1.99. The zero-order chi connectivity index (χ0) is 19.1. The molecule has 136 valence electrons. The number of rotatable bonds is 3. The van der Waals surface area contributed by atoms with Gasteiger partial charge in [0.1, 0.15) is 5.75 Å². The van der Waals surface area contributed by atoms with Crippen LogP contribution >= 0.6 is 0 Å². The molecule has 0 radical (unpaired) electrons. The Kier molecular flexibility index (Phi) is 4.26. The summed E-state index contributed by atoms with van der Waals surface area (Å²) in [5.74, 6) is -1.08. The second-order valence-electron chi connectivity index (χ2n) is 5.62. The van der Waals surface area contributed by atoms with Crippen LogP contribution < -0.4 is 10.1 Å². The molecule has 2 heterocycles. The average Bonchev–Trinajstić information content (AvgIpc) is 2.98. The van der Waals surface area contributed by atoms with Crippen LogP contribution in [0.4, 0.5) is 18.9 Å². The van der Waals surface area contributed by atoms with E-state index in [1.807, 2.05) is 0 Å². The zero-order valence-electron chi connectivity index (χ0n) is 14.0. The molecule has 3 rings (SSSR count). The van der Waals surface area contributed by atoms with E-state index in [1.54, 1.807) is 38.1 Å². The Morgan fingerprint density at radius 3 is 2.35 bits per heavy atom. The molecular formula is C16H14F3N5O2. The van der Waals surface area contributed by atoms with Crippen molar-refractivity contribution in [1.29, 1.82) is 0 Å². The van der Waals surface area contributed by atoms with Crippen molar-refractivity contribution in [3.8, 4) is 11.6 Å². The van der Waals surface area contributed by atoms with Crippen molar-refractivity contribution < 1.29 is 22.7 Å². The first-order chi connectivity index (χ1) is 12.2. The molecule has 26 heavy (non-hydrogen) atoms. The van der Waals surface area contributed by atoms with Gasteiger partial charge in [-0.15, -0.1) is 15.3 Å². The monoisotopic (exact) mass is 365 g/mol. The Morgan fingerprint density at radius 2 is 1.77 bits per heavy atom. The molecule has 0 spiro atoms. The second kappa shape index (κ2) is 6.28. The van der Waals surface area contributed by atoms with E-state index in [0.717, 1.165) is 0 Å². The zero-order valence-corrected chi connectivity index (χ0v) is 14.0. The number of aromatic nitrogens is 4. The highest BCUT2D eigenvalue weighted by molar-refractivity contribution is 5.88. The number of nitrogens with zero attached hydrogens (tertiary/aromatic N) is 4. The van der Waals surface area contributed by atoms with E-state index in [4.69, 9.17) is 4.74 Å². The highest BCUT2D eigenvalue weighted by Crippen LogP contribution is 2.31. The molecule has 1 amide bonds. The number of carbonyl (C=O) groups excluding carboxylic acids is 1. The number of aryl methyl sites for hydroxylation is 1. The Bertz CT molecular complexity index is 980. The van der Waals surface area contributed by atoms with Crippen molar-refractivity contribution in [2.75, 3.05) is 5.32 Å². The molecule has 7 nitrogen and oxygen atoms in total. The fourth-order valence-corrected chi connectivity index (χ4v) is 2.30. The number of alkyl halides is 3. The van der Waals surface area contributed by atoms with E-state index in [0.29, 0.717) is 27.1 Å². The first-order valence-corrected chi connectivity index (χ1v) is 7.52. The van der Waals surface area contributed by atoms with Gasteiger partial charge in [-0.1, -0.05) is 0 Å². The van der Waals surface area contributed by atoms with Crippen LogP contribution in [0.2, 0.25) is 0 Å². The number of benzene rings is 1. The lowest BCUT2D eigenvalue weighted by Gasteiger charge is -2.12. The van der Waals surface area contributed by atoms with Crippen LogP contribution in [-0.2, 0) is 11.0 Å². The van der Waals surface area contributed by atoms with E-state index >= 15 is 0 Å². The van der Waals surface area contributed by atoms with Gasteiger partial charge in [0.05, 0.1) is 0 Å². The first kappa shape index (κ1) is 17.6. The number of nitrogens with one attached hydrogen (secondary N) is 1. The number of fused-ring (bicyclic) bond motifs is 1. The van der Waals surface area contributed by atoms with Gasteiger partial charge in [0.15, 0.2) is 5.65 Å². The third kappa shape index (κ3) is 3.30. The molecule has 2 aromatic heterocycles. The van der Waals surface area contributed by atoms with E-state index in [2.05, 4.69) is 20.6 Å². The Hall–Kier alpha value is -3.17. The van der Waals surface area contributed by atoms with Crippen molar-refractivity contribution in [3.63, 3.8) is 0 Å². The lowest BCUT2D eigenvalue weighted by molar-refractivity contribution is -0.146. The van der Waals surface area contributed by atoms with E-state index in [-0.39, 0.29) is 17.4 Å².